The minimum atomic E-state index is -0.679. The van der Waals surface area contributed by atoms with Crippen LogP contribution in [-0.4, -0.2) is 33.5 Å². The Morgan fingerprint density at radius 3 is 2.26 bits per heavy atom. The van der Waals surface area contributed by atoms with Crippen molar-refractivity contribution in [2.75, 3.05) is 0 Å². The molecule has 5 aliphatic rings. The number of hydrogen-bond acceptors (Lipinski definition) is 3. The zero-order chi connectivity index (χ0) is 25.1. The van der Waals surface area contributed by atoms with Crippen LogP contribution in [0.1, 0.15) is 99.8 Å². The van der Waals surface area contributed by atoms with Gasteiger partial charge in [-0.1, -0.05) is 60.1 Å². The van der Waals surface area contributed by atoms with E-state index >= 15 is 0 Å². The summed E-state index contributed by atoms with van der Waals surface area (Å²) in [5.74, 6) is 1.30. The normalized spacial score (nSPS) is 56.3. The van der Waals surface area contributed by atoms with Gasteiger partial charge in [0.1, 0.15) is 0 Å². The molecule has 0 heterocycles. The van der Waals surface area contributed by atoms with Crippen LogP contribution in [0.25, 0.3) is 0 Å². The third kappa shape index (κ3) is 2.76. The summed E-state index contributed by atoms with van der Waals surface area (Å²) in [4.78, 5) is 12.8. The lowest BCUT2D eigenvalue weighted by molar-refractivity contribution is -0.232. The molecule has 0 radical (unpaired) electrons. The fraction of sp³-hybridized carbons (Fsp3) is 0.900. The molecular formula is C30H48O4. The van der Waals surface area contributed by atoms with Crippen LogP contribution < -0.4 is 0 Å². The Morgan fingerprint density at radius 1 is 0.941 bits per heavy atom. The van der Waals surface area contributed by atoms with Gasteiger partial charge < -0.3 is 15.3 Å². The lowest BCUT2D eigenvalue weighted by atomic mass is 9.33. The van der Waals surface area contributed by atoms with Crippen molar-refractivity contribution in [1.82, 2.24) is 0 Å². The van der Waals surface area contributed by atoms with Gasteiger partial charge in [-0.05, 0) is 103 Å². The van der Waals surface area contributed by atoms with E-state index in [1.807, 2.05) is 0 Å². The summed E-state index contributed by atoms with van der Waals surface area (Å²) in [5.41, 5.74) is 0.574. The van der Waals surface area contributed by atoms with E-state index in [1.54, 1.807) is 0 Å². The third-order valence-corrected chi connectivity index (χ3v) is 13.4. The van der Waals surface area contributed by atoms with Gasteiger partial charge in [0.25, 0.3) is 0 Å². The van der Waals surface area contributed by atoms with Crippen molar-refractivity contribution in [3.8, 4) is 0 Å². The second-order valence-electron chi connectivity index (χ2n) is 14.6. The van der Waals surface area contributed by atoms with E-state index in [-0.39, 0.29) is 27.6 Å². The van der Waals surface area contributed by atoms with E-state index in [4.69, 9.17) is 0 Å². The zero-order valence-electron chi connectivity index (χ0n) is 22.5. The van der Waals surface area contributed by atoms with Crippen LogP contribution >= 0.6 is 0 Å². The van der Waals surface area contributed by atoms with Crippen molar-refractivity contribution < 1.29 is 20.1 Å². The van der Waals surface area contributed by atoms with Crippen LogP contribution in [0.15, 0.2) is 11.6 Å². The second kappa shape index (κ2) is 7.34. The summed E-state index contributed by atoms with van der Waals surface area (Å²) in [6.45, 7) is 16.3. The van der Waals surface area contributed by atoms with Gasteiger partial charge in [-0.25, -0.2) is 0 Å². The molecule has 11 atom stereocenters. The van der Waals surface area contributed by atoms with Crippen molar-refractivity contribution in [3.63, 3.8) is 0 Å². The number of aliphatic hydroxyl groups is 2. The number of aliphatic carboxylic acids is 1. The summed E-state index contributed by atoms with van der Waals surface area (Å²) in [6, 6.07) is 0. The van der Waals surface area contributed by atoms with Gasteiger partial charge in [0.05, 0.1) is 17.6 Å². The Hall–Kier alpha value is -0.870. The lowest BCUT2D eigenvalue weighted by Crippen LogP contribution is -2.67. The predicted octanol–water partition coefficient (Wildman–Crippen LogP) is 6.06. The van der Waals surface area contributed by atoms with E-state index < -0.39 is 23.6 Å². The van der Waals surface area contributed by atoms with E-state index in [1.165, 1.54) is 5.57 Å². The molecule has 0 bridgehead atoms. The third-order valence-electron chi connectivity index (χ3n) is 13.4. The van der Waals surface area contributed by atoms with Crippen LogP contribution in [-0.2, 0) is 4.79 Å². The molecule has 0 aromatic carbocycles. The first-order chi connectivity index (χ1) is 15.7. The van der Waals surface area contributed by atoms with Crippen molar-refractivity contribution in [2.24, 2.45) is 56.7 Å². The van der Waals surface area contributed by atoms with Gasteiger partial charge in [-0.3, -0.25) is 4.79 Å². The number of carboxylic acid groups (broad SMARTS) is 1. The molecule has 3 N–H and O–H groups in total. The summed E-state index contributed by atoms with van der Waals surface area (Å²) < 4.78 is 0. The van der Waals surface area contributed by atoms with Crippen LogP contribution in [0, 0.1) is 56.7 Å². The van der Waals surface area contributed by atoms with Crippen LogP contribution in [0.4, 0.5) is 0 Å². The SMILES string of the molecule is C[C@H]1[C@H](C)CC[C@]2(C(=O)O)CC[C@]3(C)C(=CC[C@H]4[C@@]5(C)C[C@@H](O)[C@H](O)C(C)(C)[C@H]5CC[C@]43C)[C@@H]12. The highest BCUT2D eigenvalue weighted by Gasteiger charge is 2.70. The monoisotopic (exact) mass is 472 g/mol. The summed E-state index contributed by atoms with van der Waals surface area (Å²) in [5, 5.41) is 32.4. The van der Waals surface area contributed by atoms with Gasteiger partial charge >= 0.3 is 5.97 Å². The minimum absolute atomic E-state index is 0.00993. The summed E-state index contributed by atoms with van der Waals surface area (Å²) >= 11 is 0. The minimum Gasteiger partial charge on any atom is -0.481 e. The van der Waals surface area contributed by atoms with Gasteiger partial charge in [0, 0.05) is 0 Å². The molecule has 0 aromatic heterocycles. The number of aliphatic hydroxyl groups excluding tert-OH is 2. The standard InChI is InChI=1S/C30H48O4/c1-17-10-13-30(25(33)34)15-14-28(6)19(23(30)18(17)2)8-9-22-27(5)16-20(31)24(32)26(3,4)21(27)11-12-29(22,28)7/h8,17-18,20-24,31-32H,9-16H2,1-7H3,(H,33,34)/t17-,18+,20-,21-,22+,23-,24+,27+,28-,29-,30+/m1/s1. The molecule has 4 saturated carbocycles. The largest absolute Gasteiger partial charge is 0.481 e. The van der Waals surface area contributed by atoms with Gasteiger partial charge in [0.2, 0.25) is 0 Å². The maximum Gasteiger partial charge on any atom is 0.310 e. The van der Waals surface area contributed by atoms with E-state index in [0.717, 1.165) is 44.9 Å². The lowest BCUT2D eigenvalue weighted by Gasteiger charge is -2.71. The Kier molecular flexibility index (Phi) is 5.36. The fourth-order valence-electron chi connectivity index (χ4n) is 11.0. The highest BCUT2D eigenvalue weighted by Crippen LogP contribution is 2.75. The van der Waals surface area contributed by atoms with Crippen molar-refractivity contribution >= 4 is 5.97 Å². The first-order valence-corrected chi connectivity index (χ1v) is 14.0. The van der Waals surface area contributed by atoms with Crippen LogP contribution in [0.3, 0.4) is 0 Å². The Labute approximate surface area is 206 Å². The molecule has 5 aliphatic carbocycles. The second-order valence-corrected chi connectivity index (χ2v) is 14.6. The smallest absolute Gasteiger partial charge is 0.310 e. The Bertz CT molecular complexity index is 907. The van der Waals surface area contributed by atoms with E-state index in [9.17, 15) is 20.1 Å². The van der Waals surface area contributed by atoms with Gasteiger partial charge in [-0.2, -0.15) is 0 Å². The molecule has 0 unspecified atom stereocenters. The molecule has 192 valence electrons. The van der Waals surface area contributed by atoms with Crippen molar-refractivity contribution in [2.45, 2.75) is 112 Å². The molecule has 4 heteroatoms. The zero-order valence-corrected chi connectivity index (χ0v) is 22.5. The average molecular weight is 473 g/mol. The van der Waals surface area contributed by atoms with Gasteiger partial charge in [0.15, 0.2) is 0 Å². The Morgan fingerprint density at radius 2 is 1.62 bits per heavy atom. The van der Waals surface area contributed by atoms with E-state index in [0.29, 0.717) is 30.1 Å². The van der Waals surface area contributed by atoms with Crippen molar-refractivity contribution in [1.29, 1.82) is 0 Å². The summed E-state index contributed by atoms with van der Waals surface area (Å²) in [7, 11) is 0. The number of hydrogen-bond donors (Lipinski definition) is 3. The first-order valence-electron chi connectivity index (χ1n) is 14.0. The first kappa shape index (κ1) is 24.8. The molecule has 4 nitrogen and oxygen atoms in total. The van der Waals surface area contributed by atoms with Crippen LogP contribution in [0.5, 0.6) is 0 Å². The number of allylic oxidation sites excluding steroid dienone is 2. The molecule has 0 spiro atoms. The number of rotatable bonds is 1. The maximum atomic E-state index is 12.8. The average Bonchev–Trinajstić information content (AvgIpc) is 2.75. The summed E-state index contributed by atoms with van der Waals surface area (Å²) in [6.07, 6.45) is 8.53. The molecule has 0 amide bonds. The number of carboxylic acids is 1. The van der Waals surface area contributed by atoms with Crippen LogP contribution in [0.2, 0.25) is 0 Å². The van der Waals surface area contributed by atoms with Crippen molar-refractivity contribution in [3.05, 3.63) is 11.6 Å². The molecular weight excluding hydrogens is 424 g/mol. The Balaban J connectivity index is 1.62. The molecule has 5 rings (SSSR count). The van der Waals surface area contributed by atoms with E-state index in [2.05, 4.69) is 54.5 Å². The highest BCUT2D eigenvalue weighted by atomic mass is 16.4. The number of fused-ring (bicyclic) bond motifs is 7. The molecule has 0 aliphatic heterocycles. The quantitative estimate of drug-likeness (QED) is 0.405. The predicted molar refractivity (Wildman–Crippen MR) is 134 cm³/mol. The molecule has 0 saturated heterocycles. The topological polar surface area (TPSA) is 77.8 Å². The van der Waals surface area contributed by atoms with Gasteiger partial charge in [-0.15, -0.1) is 0 Å². The molecule has 34 heavy (non-hydrogen) atoms. The molecule has 0 aromatic rings. The highest BCUT2D eigenvalue weighted by molar-refractivity contribution is 5.76. The molecule has 4 fully saturated rings. The number of carbonyl (C=O) groups is 1. The fourth-order valence-corrected chi connectivity index (χ4v) is 11.0. The maximum absolute atomic E-state index is 12.8.